The van der Waals surface area contributed by atoms with Crippen molar-refractivity contribution in [2.24, 2.45) is 39.9 Å². The molecular formula is C24H31NO2. The van der Waals surface area contributed by atoms with Crippen LogP contribution in [0.25, 0.3) is 0 Å². The monoisotopic (exact) mass is 365 g/mol. The number of allylic oxidation sites excluding steroid dienone is 2. The molecule has 1 N–H and O–H groups in total. The van der Waals surface area contributed by atoms with Crippen LogP contribution < -0.4 is 0 Å². The van der Waals surface area contributed by atoms with Gasteiger partial charge in [0.2, 0.25) is 0 Å². The minimum atomic E-state index is -0.575. The molecular weight excluding hydrogens is 334 g/mol. The van der Waals surface area contributed by atoms with Crippen LogP contribution in [-0.2, 0) is 4.79 Å². The molecule has 3 fully saturated rings. The standard InChI is InChI=1S/C24H31NO2/c1-14-15(2)24(5,13-25)23(4)9-7-19-18(21(14)23)10-16(12-26)20-11-17(27)6-8-22(19,20)3/h11,16,18-19,21,26H,1-2,6-10,12H2,3-5H3/t16?,18-,19-,21+,22-,23+,24?/m1/s1. The van der Waals surface area contributed by atoms with E-state index in [2.05, 4.69) is 33.1 Å². The molecule has 0 aromatic rings. The van der Waals surface area contributed by atoms with Gasteiger partial charge >= 0.3 is 0 Å². The maximum atomic E-state index is 12.1. The van der Waals surface area contributed by atoms with Gasteiger partial charge in [0.25, 0.3) is 0 Å². The SMILES string of the molecule is C=C1C(=C)C(C)(C#N)[C@@]2(C)CC[C@@H]3[C@@H](CC(CO)C4=CC(=O)CC[C@@]43C)[C@H]12. The highest BCUT2D eigenvalue weighted by molar-refractivity contribution is 5.91. The molecule has 7 atom stereocenters. The highest BCUT2D eigenvalue weighted by Crippen LogP contribution is 2.72. The number of carbonyl (C=O) groups is 1. The van der Waals surface area contributed by atoms with Crippen molar-refractivity contribution >= 4 is 5.78 Å². The Hall–Kier alpha value is -1.66. The van der Waals surface area contributed by atoms with E-state index < -0.39 is 5.41 Å². The van der Waals surface area contributed by atoms with Gasteiger partial charge in [-0.15, -0.1) is 0 Å². The van der Waals surface area contributed by atoms with Crippen LogP contribution >= 0.6 is 0 Å². The van der Waals surface area contributed by atoms with Crippen LogP contribution in [0.15, 0.2) is 36.0 Å². The average Bonchev–Trinajstić information content (AvgIpc) is 2.80. The summed E-state index contributed by atoms with van der Waals surface area (Å²) in [6.45, 7) is 15.4. The highest BCUT2D eigenvalue weighted by Gasteiger charge is 2.66. The largest absolute Gasteiger partial charge is 0.396 e. The molecule has 4 aliphatic carbocycles. The third-order valence-corrected chi connectivity index (χ3v) is 9.24. The van der Waals surface area contributed by atoms with Crippen molar-refractivity contribution in [1.82, 2.24) is 0 Å². The Balaban J connectivity index is 1.83. The van der Waals surface area contributed by atoms with Crippen LogP contribution in [-0.4, -0.2) is 17.5 Å². The summed E-state index contributed by atoms with van der Waals surface area (Å²) in [6, 6.07) is 2.59. The van der Waals surface area contributed by atoms with E-state index in [1.165, 1.54) is 5.57 Å². The van der Waals surface area contributed by atoms with Gasteiger partial charge in [-0.25, -0.2) is 0 Å². The second-order valence-electron chi connectivity index (χ2n) is 10.0. The Labute approximate surface area is 162 Å². The van der Waals surface area contributed by atoms with Gasteiger partial charge in [0.15, 0.2) is 5.78 Å². The van der Waals surface area contributed by atoms with E-state index in [4.69, 9.17) is 0 Å². The van der Waals surface area contributed by atoms with Crippen LogP contribution in [0, 0.1) is 51.2 Å². The van der Waals surface area contributed by atoms with E-state index in [9.17, 15) is 15.2 Å². The van der Waals surface area contributed by atoms with Crippen molar-refractivity contribution < 1.29 is 9.90 Å². The average molecular weight is 366 g/mol. The number of aliphatic hydroxyl groups is 1. The van der Waals surface area contributed by atoms with Gasteiger partial charge in [-0.1, -0.05) is 32.6 Å². The van der Waals surface area contributed by atoms with Crippen molar-refractivity contribution in [3.63, 3.8) is 0 Å². The van der Waals surface area contributed by atoms with Gasteiger partial charge < -0.3 is 5.11 Å². The first kappa shape index (κ1) is 18.7. The molecule has 0 heterocycles. The number of fused-ring (bicyclic) bond motifs is 5. The minimum absolute atomic E-state index is 0.0290. The molecule has 2 unspecified atom stereocenters. The number of hydrogen-bond donors (Lipinski definition) is 1. The van der Waals surface area contributed by atoms with Gasteiger partial charge in [-0.05, 0) is 78.4 Å². The fraction of sp³-hybridized carbons (Fsp3) is 0.667. The summed E-state index contributed by atoms with van der Waals surface area (Å²) in [5.74, 6) is 1.34. The first-order valence-corrected chi connectivity index (χ1v) is 10.3. The van der Waals surface area contributed by atoms with E-state index in [0.717, 1.165) is 36.8 Å². The molecule has 0 aromatic heterocycles. The van der Waals surface area contributed by atoms with Crippen molar-refractivity contribution in [1.29, 1.82) is 5.26 Å². The van der Waals surface area contributed by atoms with E-state index in [1.54, 1.807) is 0 Å². The summed E-state index contributed by atoms with van der Waals surface area (Å²) in [4.78, 5) is 12.1. The van der Waals surface area contributed by atoms with E-state index in [0.29, 0.717) is 18.3 Å². The summed E-state index contributed by atoms with van der Waals surface area (Å²) < 4.78 is 0. The molecule has 27 heavy (non-hydrogen) atoms. The van der Waals surface area contributed by atoms with Gasteiger partial charge in [-0.2, -0.15) is 5.26 Å². The van der Waals surface area contributed by atoms with Crippen LogP contribution in [0.2, 0.25) is 0 Å². The first-order valence-electron chi connectivity index (χ1n) is 10.3. The van der Waals surface area contributed by atoms with E-state index >= 15 is 0 Å². The van der Waals surface area contributed by atoms with Gasteiger partial charge in [0.1, 0.15) is 0 Å². The lowest BCUT2D eigenvalue weighted by Gasteiger charge is -2.60. The van der Waals surface area contributed by atoms with E-state index in [-0.39, 0.29) is 35.1 Å². The lowest BCUT2D eigenvalue weighted by atomic mass is 9.44. The predicted molar refractivity (Wildman–Crippen MR) is 105 cm³/mol. The molecule has 4 rings (SSSR count). The lowest BCUT2D eigenvalue weighted by molar-refractivity contribution is -0.118. The summed E-state index contributed by atoms with van der Waals surface area (Å²) >= 11 is 0. The molecule has 0 spiro atoms. The molecule has 144 valence electrons. The van der Waals surface area contributed by atoms with E-state index in [1.807, 2.05) is 13.0 Å². The van der Waals surface area contributed by atoms with Crippen molar-refractivity contribution in [2.75, 3.05) is 6.61 Å². The number of aliphatic hydroxyl groups excluding tert-OH is 1. The number of hydrogen-bond acceptors (Lipinski definition) is 3. The van der Waals surface area contributed by atoms with Gasteiger partial charge in [0, 0.05) is 18.9 Å². The summed E-state index contributed by atoms with van der Waals surface area (Å²) in [5, 5.41) is 20.2. The molecule has 3 nitrogen and oxygen atoms in total. The zero-order valence-corrected chi connectivity index (χ0v) is 16.8. The maximum absolute atomic E-state index is 12.1. The number of rotatable bonds is 1. The van der Waals surface area contributed by atoms with Crippen molar-refractivity contribution in [2.45, 2.75) is 52.9 Å². The van der Waals surface area contributed by atoms with Gasteiger partial charge in [-0.3, -0.25) is 4.79 Å². The summed E-state index contributed by atoms with van der Waals surface area (Å²) in [6.07, 6.45) is 6.26. The number of nitriles is 1. The number of ketones is 1. The topological polar surface area (TPSA) is 61.1 Å². The Kier molecular flexibility index (Phi) is 3.93. The second-order valence-corrected chi connectivity index (χ2v) is 10.0. The molecule has 3 saturated carbocycles. The Bertz CT molecular complexity index is 817. The molecule has 4 aliphatic rings. The third kappa shape index (κ3) is 2.08. The Morgan fingerprint density at radius 1 is 1.30 bits per heavy atom. The smallest absolute Gasteiger partial charge is 0.155 e. The summed E-state index contributed by atoms with van der Waals surface area (Å²) in [5.41, 5.74) is 2.38. The molecule has 0 aliphatic heterocycles. The fourth-order valence-electron chi connectivity index (χ4n) is 7.42. The zero-order valence-electron chi connectivity index (χ0n) is 16.8. The summed E-state index contributed by atoms with van der Waals surface area (Å²) in [7, 11) is 0. The number of carbonyl (C=O) groups excluding carboxylic acids is 1. The Morgan fingerprint density at radius 2 is 2.00 bits per heavy atom. The molecule has 0 bridgehead atoms. The van der Waals surface area contributed by atoms with Gasteiger partial charge in [0.05, 0.1) is 11.5 Å². The molecule has 0 radical (unpaired) electrons. The van der Waals surface area contributed by atoms with Crippen LogP contribution in [0.1, 0.15) is 52.9 Å². The lowest BCUT2D eigenvalue weighted by Crippen LogP contribution is -2.54. The Morgan fingerprint density at radius 3 is 2.63 bits per heavy atom. The number of nitrogens with zero attached hydrogens (tertiary/aromatic N) is 1. The third-order valence-electron chi connectivity index (χ3n) is 9.24. The highest BCUT2D eigenvalue weighted by atomic mass is 16.3. The first-order chi connectivity index (χ1) is 12.6. The maximum Gasteiger partial charge on any atom is 0.155 e. The normalized spacial score (nSPS) is 49.0. The molecule has 0 aromatic carbocycles. The quantitative estimate of drug-likeness (QED) is 0.739. The molecule has 0 saturated heterocycles. The van der Waals surface area contributed by atoms with Crippen LogP contribution in [0.5, 0.6) is 0 Å². The predicted octanol–water partition coefficient (Wildman–Crippen LogP) is 4.60. The minimum Gasteiger partial charge on any atom is -0.396 e. The van der Waals surface area contributed by atoms with Crippen molar-refractivity contribution in [3.05, 3.63) is 36.0 Å². The fourth-order valence-corrected chi connectivity index (χ4v) is 7.42. The second kappa shape index (κ2) is 5.67. The van der Waals surface area contributed by atoms with Crippen molar-refractivity contribution in [3.8, 4) is 6.07 Å². The molecule has 0 amide bonds. The van der Waals surface area contributed by atoms with Crippen LogP contribution in [0.4, 0.5) is 0 Å². The zero-order chi connectivity index (χ0) is 19.8. The molecule has 3 heteroatoms. The van der Waals surface area contributed by atoms with Crippen LogP contribution in [0.3, 0.4) is 0 Å².